The summed E-state index contributed by atoms with van der Waals surface area (Å²) >= 11 is 0. The summed E-state index contributed by atoms with van der Waals surface area (Å²) in [6.07, 6.45) is 5.18. The molecule has 0 spiro atoms. The van der Waals surface area contributed by atoms with Gasteiger partial charge in [0.1, 0.15) is 5.82 Å². The van der Waals surface area contributed by atoms with Gasteiger partial charge in [0.25, 0.3) is 5.91 Å². The number of amides is 1. The van der Waals surface area contributed by atoms with Crippen LogP contribution in [0.2, 0.25) is 0 Å². The van der Waals surface area contributed by atoms with E-state index in [9.17, 15) is 4.79 Å². The van der Waals surface area contributed by atoms with E-state index in [0.717, 1.165) is 44.0 Å². The number of likely N-dealkylation sites (N-methyl/N-ethyl adjacent to an activating group) is 1. The van der Waals surface area contributed by atoms with Gasteiger partial charge in [-0.1, -0.05) is 0 Å². The van der Waals surface area contributed by atoms with Crippen molar-refractivity contribution in [2.75, 3.05) is 38.1 Å². The van der Waals surface area contributed by atoms with Crippen molar-refractivity contribution in [1.29, 1.82) is 0 Å². The highest BCUT2D eigenvalue weighted by Gasteiger charge is 2.27. The zero-order valence-corrected chi connectivity index (χ0v) is 12.0. The number of hydrogen-bond acceptors (Lipinski definition) is 4. The normalized spacial score (nSPS) is 22.2. The first kappa shape index (κ1) is 13.4. The lowest BCUT2D eigenvalue weighted by molar-refractivity contribution is 0.0744. The Morgan fingerprint density at radius 2 is 2.25 bits per heavy atom. The maximum atomic E-state index is 12.7. The number of nitrogens with zero attached hydrogens (tertiary/aromatic N) is 3. The lowest BCUT2D eigenvalue weighted by atomic mass is 10.1. The highest BCUT2D eigenvalue weighted by molar-refractivity contribution is 5.99. The molecule has 1 amide bonds. The third-order valence-corrected chi connectivity index (χ3v) is 4.33. The molecule has 0 saturated carbocycles. The van der Waals surface area contributed by atoms with Gasteiger partial charge in [0.05, 0.1) is 5.56 Å². The Morgan fingerprint density at radius 3 is 2.95 bits per heavy atom. The van der Waals surface area contributed by atoms with Crippen molar-refractivity contribution in [3.05, 3.63) is 23.9 Å². The third-order valence-electron chi connectivity index (χ3n) is 4.33. The summed E-state index contributed by atoms with van der Waals surface area (Å²) < 4.78 is 0. The fourth-order valence-electron chi connectivity index (χ4n) is 3.07. The van der Waals surface area contributed by atoms with Crippen molar-refractivity contribution in [3.8, 4) is 0 Å². The molecule has 108 valence electrons. The molecule has 2 aliphatic rings. The van der Waals surface area contributed by atoms with Crippen molar-refractivity contribution >= 4 is 11.7 Å². The summed E-state index contributed by atoms with van der Waals surface area (Å²) in [6, 6.07) is 4.06. The number of aromatic nitrogens is 1. The van der Waals surface area contributed by atoms with Gasteiger partial charge in [-0.3, -0.25) is 4.79 Å². The smallest absolute Gasteiger partial charge is 0.257 e. The summed E-state index contributed by atoms with van der Waals surface area (Å²) in [7, 11) is 1.90. The minimum atomic E-state index is 0.0914. The zero-order valence-electron chi connectivity index (χ0n) is 12.0. The third kappa shape index (κ3) is 2.50. The van der Waals surface area contributed by atoms with Gasteiger partial charge >= 0.3 is 0 Å². The van der Waals surface area contributed by atoms with Gasteiger partial charge in [-0.05, 0) is 37.9 Å². The first-order chi connectivity index (χ1) is 9.77. The van der Waals surface area contributed by atoms with E-state index in [1.54, 1.807) is 6.20 Å². The average molecular weight is 274 g/mol. The molecule has 1 aromatic heterocycles. The second kappa shape index (κ2) is 5.79. The maximum Gasteiger partial charge on any atom is 0.257 e. The molecule has 3 rings (SSSR count). The Kier molecular flexibility index (Phi) is 3.87. The molecular weight excluding hydrogens is 252 g/mol. The van der Waals surface area contributed by atoms with E-state index in [2.05, 4.69) is 15.2 Å². The molecule has 5 nitrogen and oxygen atoms in total. The standard InChI is InChI=1S/C15H22N4O/c1-18(12-6-8-16-11-12)15(20)13-5-4-7-17-14(13)19-9-2-3-10-19/h4-5,7,12,16H,2-3,6,8-11H2,1H3/t12-/m1/s1. The fourth-order valence-corrected chi connectivity index (χ4v) is 3.07. The Labute approximate surface area is 120 Å². The van der Waals surface area contributed by atoms with Gasteiger partial charge in [0, 0.05) is 38.9 Å². The van der Waals surface area contributed by atoms with Crippen molar-refractivity contribution < 1.29 is 4.79 Å². The van der Waals surface area contributed by atoms with Gasteiger partial charge < -0.3 is 15.1 Å². The second-order valence-electron chi connectivity index (χ2n) is 5.63. The van der Waals surface area contributed by atoms with Crippen LogP contribution in [0.5, 0.6) is 0 Å². The average Bonchev–Trinajstić information content (AvgIpc) is 3.18. The van der Waals surface area contributed by atoms with Crippen molar-refractivity contribution in [2.24, 2.45) is 0 Å². The zero-order chi connectivity index (χ0) is 13.9. The summed E-state index contributed by atoms with van der Waals surface area (Å²) in [6.45, 7) is 3.90. The topological polar surface area (TPSA) is 48.5 Å². The maximum absolute atomic E-state index is 12.7. The molecule has 0 aliphatic carbocycles. The van der Waals surface area contributed by atoms with E-state index in [1.165, 1.54) is 12.8 Å². The fraction of sp³-hybridized carbons (Fsp3) is 0.600. The monoisotopic (exact) mass is 274 g/mol. The molecule has 1 atom stereocenters. The molecule has 2 saturated heterocycles. The molecule has 0 unspecified atom stereocenters. The SMILES string of the molecule is CN(C(=O)c1cccnc1N1CCCC1)[C@@H]1CCNC1. The number of carbonyl (C=O) groups excluding carboxylic acids is 1. The van der Waals surface area contributed by atoms with Crippen molar-refractivity contribution in [3.63, 3.8) is 0 Å². The number of nitrogens with one attached hydrogen (secondary N) is 1. The summed E-state index contributed by atoms with van der Waals surface area (Å²) in [5.41, 5.74) is 0.740. The van der Waals surface area contributed by atoms with Gasteiger partial charge in [-0.15, -0.1) is 0 Å². The second-order valence-corrected chi connectivity index (χ2v) is 5.63. The van der Waals surface area contributed by atoms with Gasteiger partial charge in [-0.2, -0.15) is 0 Å². The van der Waals surface area contributed by atoms with Gasteiger partial charge in [-0.25, -0.2) is 4.98 Å². The number of carbonyl (C=O) groups is 1. The molecule has 3 heterocycles. The molecular formula is C15H22N4O. The molecule has 20 heavy (non-hydrogen) atoms. The van der Waals surface area contributed by atoms with E-state index >= 15 is 0 Å². The highest BCUT2D eigenvalue weighted by Crippen LogP contribution is 2.23. The summed E-state index contributed by atoms with van der Waals surface area (Å²) in [5, 5.41) is 3.31. The van der Waals surface area contributed by atoms with Crippen molar-refractivity contribution in [2.45, 2.75) is 25.3 Å². The number of hydrogen-bond donors (Lipinski definition) is 1. The van der Waals surface area contributed by atoms with Crippen LogP contribution in [0.25, 0.3) is 0 Å². The lowest BCUT2D eigenvalue weighted by Crippen LogP contribution is -2.39. The molecule has 1 aromatic rings. The lowest BCUT2D eigenvalue weighted by Gasteiger charge is -2.26. The van der Waals surface area contributed by atoms with Crippen molar-refractivity contribution in [1.82, 2.24) is 15.2 Å². The first-order valence-corrected chi connectivity index (χ1v) is 7.45. The summed E-state index contributed by atoms with van der Waals surface area (Å²) in [5.74, 6) is 0.946. The number of anilines is 1. The number of rotatable bonds is 3. The van der Waals surface area contributed by atoms with Gasteiger partial charge in [0.2, 0.25) is 0 Å². The van der Waals surface area contributed by atoms with E-state index < -0.39 is 0 Å². The number of pyridine rings is 1. The van der Waals surface area contributed by atoms with Crippen LogP contribution in [0, 0.1) is 0 Å². The van der Waals surface area contributed by atoms with Crippen LogP contribution in [0.15, 0.2) is 18.3 Å². The molecule has 0 aromatic carbocycles. The summed E-state index contributed by atoms with van der Waals surface area (Å²) in [4.78, 5) is 21.3. The Balaban J connectivity index is 1.83. The highest BCUT2D eigenvalue weighted by atomic mass is 16.2. The van der Waals surface area contributed by atoms with Crippen LogP contribution in [0.1, 0.15) is 29.6 Å². The van der Waals surface area contributed by atoms with E-state index in [4.69, 9.17) is 0 Å². The molecule has 2 fully saturated rings. The van der Waals surface area contributed by atoms with Gasteiger partial charge in [0.15, 0.2) is 0 Å². The van der Waals surface area contributed by atoms with E-state index in [-0.39, 0.29) is 5.91 Å². The minimum Gasteiger partial charge on any atom is -0.356 e. The quantitative estimate of drug-likeness (QED) is 0.897. The Hall–Kier alpha value is -1.62. The van der Waals surface area contributed by atoms with Crippen LogP contribution in [-0.4, -0.2) is 55.1 Å². The van der Waals surface area contributed by atoms with Crippen LogP contribution in [-0.2, 0) is 0 Å². The predicted molar refractivity (Wildman–Crippen MR) is 79.1 cm³/mol. The minimum absolute atomic E-state index is 0.0914. The molecule has 2 aliphatic heterocycles. The van der Waals surface area contributed by atoms with Crippen LogP contribution < -0.4 is 10.2 Å². The van der Waals surface area contributed by atoms with E-state index in [0.29, 0.717) is 6.04 Å². The van der Waals surface area contributed by atoms with Crippen LogP contribution in [0.4, 0.5) is 5.82 Å². The Morgan fingerprint density at radius 1 is 1.45 bits per heavy atom. The van der Waals surface area contributed by atoms with Crippen LogP contribution >= 0.6 is 0 Å². The molecule has 0 radical (unpaired) electrons. The molecule has 5 heteroatoms. The predicted octanol–water partition coefficient (Wildman–Crippen LogP) is 1.12. The molecule has 0 bridgehead atoms. The Bertz CT molecular complexity index is 479. The first-order valence-electron chi connectivity index (χ1n) is 7.45. The van der Waals surface area contributed by atoms with Crippen LogP contribution in [0.3, 0.4) is 0 Å². The molecule has 1 N–H and O–H groups in total. The van der Waals surface area contributed by atoms with E-state index in [1.807, 2.05) is 24.1 Å². The largest absolute Gasteiger partial charge is 0.356 e.